The Morgan fingerprint density at radius 2 is 1.87 bits per heavy atom. The topological polar surface area (TPSA) is 81.7 Å². The number of thiophene rings is 1. The number of anilines is 1. The Bertz CT molecular complexity index is 940. The van der Waals surface area contributed by atoms with E-state index in [9.17, 15) is 18.8 Å². The van der Waals surface area contributed by atoms with E-state index in [1.165, 1.54) is 37.5 Å². The van der Waals surface area contributed by atoms with Crippen LogP contribution in [0.2, 0.25) is 0 Å². The first-order valence-electron chi connectivity index (χ1n) is 9.74. The van der Waals surface area contributed by atoms with Gasteiger partial charge in [0.2, 0.25) is 5.91 Å². The molecule has 3 atom stereocenters. The minimum atomic E-state index is -0.580. The van der Waals surface area contributed by atoms with Crippen molar-refractivity contribution in [1.29, 1.82) is 0 Å². The highest BCUT2D eigenvalue weighted by atomic mass is 32.1. The SMILES string of the molecule is COC(=O)c1cc(-c2ccc(F)cc2)sc1NC(=O)[C@@H]1CC[C@@H](C)C[C@@H]1OC(C)=O. The van der Waals surface area contributed by atoms with Crippen molar-refractivity contribution < 1.29 is 28.2 Å². The van der Waals surface area contributed by atoms with E-state index in [4.69, 9.17) is 9.47 Å². The van der Waals surface area contributed by atoms with Crippen LogP contribution in [-0.2, 0) is 19.1 Å². The molecule has 1 N–H and O–H groups in total. The Hall–Kier alpha value is -2.74. The molecule has 0 radical (unpaired) electrons. The van der Waals surface area contributed by atoms with E-state index < -0.39 is 24.0 Å². The highest BCUT2D eigenvalue weighted by molar-refractivity contribution is 7.20. The summed E-state index contributed by atoms with van der Waals surface area (Å²) < 4.78 is 23.5. The summed E-state index contributed by atoms with van der Waals surface area (Å²) in [5, 5.41) is 3.18. The van der Waals surface area contributed by atoms with Crippen molar-refractivity contribution in [2.45, 2.75) is 39.2 Å². The molecule has 1 aromatic carbocycles. The average Bonchev–Trinajstić information content (AvgIpc) is 3.11. The number of methoxy groups -OCH3 is 1. The van der Waals surface area contributed by atoms with Crippen LogP contribution in [0.1, 0.15) is 43.5 Å². The summed E-state index contributed by atoms with van der Waals surface area (Å²) in [6.45, 7) is 3.39. The lowest BCUT2D eigenvalue weighted by Gasteiger charge is -2.33. The zero-order valence-electron chi connectivity index (χ0n) is 17.1. The Kier molecular flexibility index (Phi) is 6.87. The fraction of sp³-hybridized carbons (Fsp3) is 0.409. The van der Waals surface area contributed by atoms with E-state index in [-0.39, 0.29) is 17.3 Å². The van der Waals surface area contributed by atoms with Crippen molar-refractivity contribution in [2.24, 2.45) is 11.8 Å². The zero-order valence-corrected chi connectivity index (χ0v) is 17.9. The predicted molar refractivity (Wildman–Crippen MR) is 112 cm³/mol. The van der Waals surface area contributed by atoms with Crippen LogP contribution in [0.25, 0.3) is 10.4 Å². The Morgan fingerprint density at radius 3 is 2.50 bits per heavy atom. The summed E-state index contributed by atoms with van der Waals surface area (Å²) in [5.74, 6) is -1.80. The van der Waals surface area contributed by atoms with Gasteiger partial charge in [0.1, 0.15) is 16.9 Å². The third-order valence-electron chi connectivity index (χ3n) is 5.21. The average molecular weight is 434 g/mol. The van der Waals surface area contributed by atoms with Gasteiger partial charge >= 0.3 is 11.9 Å². The standard InChI is InChI=1S/C22H24FNO5S/c1-12-4-9-16(18(10-12)29-13(2)25)20(26)24-21-17(22(27)28-3)11-19(30-21)14-5-7-15(23)8-6-14/h5-8,11-12,16,18H,4,9-10H2,1-3H3,(H,24,26)/t12-,16-,18+/m1/s1. The van der Waals surface area contributed by atoms with Gasteiger partial charge in [-0.1, -0.05) is 19.1 Å². The van der Waals surface area contributed by atoms with Gasteiger partial charge in [0, 0.05) is 11.8 Å². The lowest BCUT2D eigenvalue weighted by Crippen LogP contribution is -2.40. The molecule has 1 aliphatic carbocycles. The smallest absolute Gasteiger partial charge is 0.340 e. The van der Waals surface area contributed by atoms with Gasteiger partial charge in [-0.05, 0) is 48.9 Å². The quantitative estimate of drug-likeness (QED) is 0.695. The fourth-order valence-electron chi connectivity index (χ4n) is 3.68. The molecule has 1 aromatic heterocycles. The molecule has 2 aromatic rings. The summed E-state index contributed by atoms with van der Waals surface area (Å²) in [6, 6.07) is 7.49. The number of amides is 1. The van der Waals surface area contributed by atoms with Crippen LogP contribution in [-0.4, -0.2) is 31.1 Å². The molecule has 0 bridgehead atoms. The molecule has 0 aliphatic heterocycles. The van der Waals surface area contributed by atoms with Crippen molar-refractivity contribution in [3.8, 4) is 10.4 Å². The largest absolute Gasteiger partial charge is 0.465 e. The van der Waals surface area contributed by atoms with Crippen LogP contribution >= 0.6 is 11.3 Å². The van der Waals surface area contributed by atoms with Gasteiger partial charge < -0.3 is 14.8 Å². The number of carbonyl (C=O) groups is 3. The Labute approximate surface area is 178 Å². The van der Waals surface area contributed by atoms with Crippen LogP contribution in [0.5, 0.6) is 0 Å². The molecule has 160 valence electrons. The maximum absolute atomic E-state index is 13.2. The highest BCUT2D eigenvalue weighted by Crippen LogP contribution is 2.38. The molecule has 1 saturated carbocycles. The first-order valence-corrected chi connectivity index (χ1v) is 10.6. The van der Waals surface area contributed by atoms with Crippen LogP contribution < -0.4 is 5.32 Å². The second-order valence-corrected chi connectivity index (χ2v) is 8.57. The second kappa shape index (κ2) is 9.38. The summed E-state index contributed by atoms with van der Waals surface area (Å²) >= 11 is 1.21. The first-order chi connectivity index (χ1) is 14.3. The predicted octanol–water partition coefficient (Wildman–Crippen LogP) is 4.65. The highest BCUT2D eigenvalue weighted by Gasteiger charge is 2.36. The number of ether oxygens (including phenoxy) is 2. The number of esters is 2. The molecule has 30 heavy (non-hydrogen) atoms. The molecular weight excluding hydrogens is 409 g/mol. The van der Waals surface area contributed by atoms with Gasteiger partial charge in [-0.15, -0.1) is 11.3 Å². The van der Waals surface area contributed by atoms with Gasteiger partial charge in [0.15, 0.2) is 0 Å². The lowest BCUT2D eigenvalue weighted by molar-refractivity contribution is -0.153. The van der Waals surface area contributed by atoms with Gasteiger partial charge in [0.25, 0.3) is 0 Å². The van der Waals surface area contributed by atoms with Crippen molar-refractivity contribution in [2.75, 3.05) is 12.4 Å². The van der Waals surface area contributed by atoms with E-state index in [0.717, 1.165) is 12.0 Å². The van der Waals surface area contributed by atoms with Gasteiger partial charge in [0.05, 0.1) is 18.6 Å². The molecule has 1 amide bonds. The van der Waals surface area contributed by atoms with E-state index in [1.54, 1.807) is 18.2 Å². The van der Waals surface area contributed by atoms with Gasteiger partial charge in [-0.25, -0.2) is 9.18 Å². The molecular formula is C22H24FNO5S. The third kappa shape index (κ3) is 5.05. The van der Waals surface area contributed by atoms with Crippen LogP contribution in [0.15, 0.2) is 30.3 Å². The Morgan fingerprint density at radius 1 is 1.17 bits per heavy atom. The van der Waals surface area contributed by atoms with Gasteiger partial charge in [-0.3, -0.25) is 9.59 Å². The lowest BCUT2D eigenvalue weighted by atomic mass is 9.80. The van der Waals surface area contributed by atoms with Crippen molar-refractivity contribution in [3.63, 3.8) is 0 Å². The number of benzene rings is 1. The van der Waals surface area contributed by atoms with Crippen LogP contribution in [0.4, 0.5) is 9.39 Å². The zero-order chi connectivity index (χ0) is 21.8. The molecule has 0 unspecified atom stereocenters. The first kappa shape index (κ1) is 22.0. The Balaban J connectivity index is 1.86. The molecule has 0 saturated heterocycles. The fourth-order valence-corrected chi connectivity index (χ4v) is 4.73. The van der Waals surface area contributed by atoms with Gasteiger partial charge in [-0.2, -0.15) is 0 Å². The number of hydrogen-bond acceptors (Lipinski definition) is 6. The third-order valence-corrected chi connectivity index (χ3v) is 6.31. The van der Waals surface area contributed by atoms with E-state index in [2.05, 4.69) is 12.2 Å². The minimum absolute atomic E-state index is 0.225. The number of nitrogens with one attached hydrogen (secondary N) is 1. The summed E-state index contributed by atoms with van der Waals surface area (Å²) in [5.41, 5.74) is 0.944. The van der Waals surface area contributed by atoms with Crippen molar-refractivity contribution in [1.82, 2.24) is 0 Å². The number of halogens is 1. The van der Waals surface area contributed by atoms with Crippen molar-refractivity contribution in [3.05, 3.63) is 41.7 Å². The molecule has 1 aliphatic rings. The molecule has 1 heterocycles. The van der Waals surface area contributed by atoms with Crippen LogP contribution in [0.3, 0.4) is 0 Å². The molecule has 0 spiro atoms. The summed E-state index contributed by atoms with van der Waals surface area (Å²) in [4.78, 5) is 37.4. The molecule has 3 rings (SSSR count). The normalized spacial score (nSPS) is 21.0. The molecule has 1 fully saturated rings. The number of carbonyl (C=O) groups excluding carboxylic acids is 3. The van der Waals surface area contributed by atoms with E-state index >= 15 is 0 Å². The molecule has 8 heteroatoms. The van der Waals surface area contributed by atoms with Crippen LogP contribution in [0, 0.1) is 17.7 Å². The monoisotopic (exact) mass is 433 g/mol. The second-order valence-electron chi connectivity index (χ2n) is 7.51. The van der Waals surface area contributed by atoms with E-state index in [1.807, 2.05) is 0 Å². The number of hydrogen-bond donors (Lipinski definition) is 1. The maximum atomic E-state index is 13.2. The summed E-state index contributed by atoms with van der Waals surface area (Å²) in [7, 11) is 1.27. The number of rotatable bonds is 5. The van der Waals surface area contributed by atoms with Crippen molar-refractivity contribution >= 4 is 34.2 Å². The maximum Gasteiger partial charge on any atom is 0.340 e. The van der Waals surface area contributed by atoms with E-state index in [0.29, 0.717) is 28.6 Å². The molecule has 6 nitrogen and oxygen atoms in total. The summed E-state index contributed by atoms with van der Waals surface area (Å²) in [6.07, 6.45) is 1.57. The minimum Gasteiger partial charge on any atom is -0.465 e.